The maximum absolute atomic E-state index is 12.4. The molecule has 0 aliphatic rings. The van der Waals surface area contributed by atoms with E-state index in [9.17, 15) is 8.42 Å². The predicted molar refractivity (Wildman–Crippen MR) is 76.4 cm³/mol. The van der Waals surface area contributed by atoms with Gasteiger partial charge in [-0.3, -0.25) is 0 Å². The fourth-order valence-corrected chi connectivity index (χ4v) is 3.03. The number of hydrogen-bond donors (Lipinski definition) is 1. The third-order valence-corrected chi connectivity index (χ3v) is 5.04. The fourth-order valence-electron chi connectivity index (χ4n) is 1.88. The van der Waals surface area contributed by atoms with Crippen LogP contribution in [0.25, 0.3) is 0 Å². The van der Waals surface area contributed by atoms with Crippen molar-refractivity contribution in [2.75, 3.05) is 7.05 Å². The molecule has 0 amide bonds. The predicted octanol–water partition coefficient (Wildman–Crippen LogP) is 1.87. The van der Waals surface area contributed by atoms with E-state index >= 15 is 0 Å². The molecule has 2 rings (SSSR count). The Morgan fingerprint density at radius 1 is 1.20 bits per heavy atom. The lowest BCUT2D eigenvalue weighted by atomic mass is 10.2. The number of furan rings is 1. The first-order valence-corrected chi connectivity index (χ1v) is 7.67. The normalized spacial score (nSPS) is 12.0. The van der Waals surface area contributed by atoms with E-state index in [0.717, 1.165) is 16.9 Å². The van der Waals surface area contributed by atoms with Gasteiger partial charge in [0.05, 0.1) is 11.2 Å². The van der Waals surface area contributed by atoms with E-state index in [1.807, 2.05) is 6.92 Å². The highest BCUT2D eigenvalue weighted by Crippen LogP contribution is 2.19. The second-order valence-electron chi connectivity index (χ2n) is 4.61. The number of benzene rings is 1. The highest BCUT2D eigenvalue weighted by molar-refractivity contribution is 7.89. The van der Waals surface area contributed by atoms with Crippen LogP contribution in [-0.2, 0) is 23.1 Å². The molecule has 108 valence electrons. The molecule has 1 aromatic carbocycles. The zero-order valence-corrected chi connectivity index (χ0v) is 12.4. The van der Waals surface area contributed by atoms with Gasteiger partial charge in [-0.1, -0.05) is 12.1 Å². The van der Waals surface area contributed by atoms with Crippen molar-refractivity contribution in [2.45, 2.75) is 24.9 Å². The lowest BCUT2D eigenvalue weighted by Crippen LogP contribution is -2.26. The zero-order valence-electron chi connectivity index (χ0n) is 11.5. The van der Waals surface area contributed by atoms with Crippen LogP contribution in [-0.4, -0.2) is 19.8 Å². The van der Waals surface area contributed by atoms with Gasteiger partial charge in [0.15, 0.2) is 0 Å². The minimum Gasteiger partial charge on any atom is -0.469 e. The van der Waals surface area contributed by atoms with Crippen LogP contribution < -0.4 is 5.73 Å². The minimum atomic E-state index is -3.51. The zero-order chi connectivity index (χ0) is 14.8. The Balaban J connectivity index is 2.22. The molecule has 0 saturated heterocycles. The van der Waals surface area contributed by atoms with E-state index in [2.05, 4.69) is 0 Å². The van der Waals surface area contributed by atoms with Gasteiger partial charge in [0.25, 0.3) is 0 Å². The molecule has 20 heavy (non-hydrogen) atoms. The number of nitrogens with two attached hydrogens (primary N) is 1. The van der Waals surface area contributed by atoms with Crippen molar-refractivity contribution in [3.8, 4) is 0 Å². The summed E-state index contributed by atoms with van der Waals surface area (Å²) in [6, 6.07) is 8.39. The number of hydrogen-bond acceptors (Lipinski definition) is 4. The van der Waals surface area contributed by atoms with E-state index in [1.165, 1.54) is 4.31 Å². The van der Waals surface area contributed by atoms with Crippen LogP contribution in [0.2, 0.25) is 0 Å². The highest BCUT2D eigenvalue weighted by atomic mass is 32.2. The minimum absolute atomic E-state index is 0.262. The Morgan fingerprint density at radius 2 is 1.85 bits per heavy atom. The molecule has 5 nitrogen and oxygen atoms in total. The van der Waals surface area contributed by atoms with Crippen molar-refractivity contribution < 1.29 is 12.8 Å². The first-order chi connectivity index (χ1) is 9.45. The van der Waals surface area contributed by atoms with Gasteiger partial charge in [0.2, 0.25) is 10.0 Å². The molecule has 0 radical (unpaired) electrons. The van der Waals surface area contributed by atoms with Crippen molar-refractivity contribution in [1.82, 2.24) is 4.31 Å². The third-order valence-electron chi connectivity index (χ3n) is 3.23. The second kappa shape index (κ2) is 5.78. The fraction of sp³-hybridized carbons (Fsp3) is 0.286. The number of aryl methyl sites for hydroxylation is 1. The van der Waals surface area contributed by atoms with Gasteiger partial charge in [-0.15, -0.1) is 0 Å². The lowest BCUT2D eigenvalue weighted by Gasteiger charge is -2.17. The third kappa shape index (κ3) is 2.92. The lowest BCUT2D eigenvalue weighted by molar-refractivity contribution is 0.459. The van der Waals surface area contributed by atoms with Crippen LogP contribution in [0.4, 0.5) is 0 Å². The van der Waals surface area contributed by atoms with Crippen LogP contribution in [0.1, 0.15) is 16.9 Å². The largest absolute Gasteiger partial charge is 0.469 e. The van der Waals surface area contributed by atoms with Crippen molar-refractivity contribution in [1.29, 1.82) is 0 Å². The van der Waals surface area contributed by atoms with Gasteiger partial charge in [-0.2, -0.15) is 4.31 Å². The average Bonchev–Trinajstić information content (AvgIpc) is 2.84. The van der Waals surface area contributed by atoms with Crippen molar-refractivity contribution in [3.63, 3.8) is 0 Å². The SMILES string of the molecule is Cc1occc1CN(C)S(=O)(=O)c1ccc(CN)cc1. The molecular weight excluding hydrogens is 276 g/mol. The van der Waals surface area contributed by atoms with Crippen LogP contribution in [0.3, 0.4) is 0 Å². The summed E-state index contributed by atoms with van der Waals surface area (Å²) in [6.07, 6.45) is 1.56. The maximum Gasteiger partial charge on any atom is 0.243 e. The highest BCUT2D eigenvalue weighted by Gasteiger charge is 2.21. The van der Waals surface area contributed by atoms with E-state index in [0.29, 0.717) is 6.54 Å². The summed E-state index contributed by atoms with van der Waals surface area (Å²) < 4.78 is 31.4. The molecule has 0 atom stereocenters. The summed E-state index contributed by atoms with van der Waals surface area (Å²) in [4.78, 5) is 0.262. The second-order valence-corrected chi connectivity index (χ2v) is 6.66. The summed E-state index contributed by atoms with van der Waals surface area (Å²) >= 11 is 0. The van der Waals surface area contributed by atoms with E-state index < -0.39 is 10.0 Å². The first kappa shape index (κ1) is 14.8. The molecule has 0 aliphatic heterocycles. The molecule has 2 aromatic rings. The summed E-state index contributed by atoms with van der Waals surface area (Å²) in [5, 5.41) is 0. The van der Waals surface area contributed by atoms with Gasteiger partial charge < -0.3 is 10.2 Å². The number of sulfonamides is 1. The van der Waals surface area contributed by atoms with E-state index in [1.54, 1.807) is 43.6 Å². The summed E-state index contributed by atoms with van der Waals surface area (Å²) in [5.41, 5.74) is 7.26. The molecule has 0 spiro atoms. The smallest absolute Gasteiger partial charge is 0.243 e. The van der Waals surface area contributed by atoms with E-state index in [4.69, 9.17) is 10.2 Å². The first-order valence-electron chi connectivity index (χ1n) is 6.23. The van der Waals surface area contributed by atoms with Crippen LogP contribution in [0.15, 0.2) is 45.9 Å². The van der Waals surface area contributed by atoms with Gasteiger partial charge >= 0.3 is 0 Å². The number of nitrogens with zero attached hydrogens (tertiary/aromatic N) is 1. The van der Waals surface area contributed by atoms with Crippen molar-refractivity contribution in [3.05, 3.63) is 53.5 Å². The Bertz CT molecular complexity index is 675. The standard InChI is InChI=1S/C14H18N2O3S/c1-11-13(7-8-19-11)10-16(2)20(17,18)14-5-3-12(9-15)4-6-14/h3-8H,9-10,15H2,1-2H3. The molecule has 6 heteroatoms. The Hall–Kier alpha value is -1.63. The van der Waals surface area contributed by atoms with Gasteiger partial charge in [-0.05, 0) is 30.7 Å². The average molecular weight is 294 g/mol. The van der Waals surface area contributed by atoms with Crippen LogP contribution >= 0.6 is 0 Å². The number of rotatable bonds is 5. The molecule has 2 N–H and O–H groups in total. The quantitative estimate of drug-likeness (QED) is 0.913. The van der Waals surface area contributed by atoms with E-state index in [-0.39, 0.29) is 11.4 Å². The molecule has 0 fully saturated rings. The molecule has 0 unspecified atom stereocenters. The Labute approximate surface area is 119 Å². The summed E-state index contributed by atoms with van der Waals surface area (Å²) in [6.45, 7) is 2.49. The monoisotopic (exact) mass is 294 g/mol. The van der Waals surface area contributed by atoms with Crippen molar-refractivity contribution in [2.24, 2.45) is 5.73 Å². The maximum atomic E-state index is 12.4. The van der Waals surface area contributed by atoms with Crippen LogP contribution in [0, 0.1) is 6.92 Å². The summed E-state index contributed by atoms with van der Waals surface area (Å²) in [5.74, 6) is 0.727. The molecule has 0 bridgehead atoms. The molecular formula is C14H18N2O3S. The topological polar surface area (TPSA) is 76.5 Å². The van der Waals surface area contributed by atoms with Gasteiger partial charge in [0.1, 0.15) is 5.76 Å². The molecule has 0 saturated carbocycles. The van der Waals surface area contributed by atoms with Crippen LogP contribution in [0.5, 0.6) is 0 Å². The Morgan fingerprint density at radius 3 is 2.35 bits per heavy atom. The van der Waals surface area contributed by atoms with Crippen molar-refractivity contribution >= 4 is 10.0 Å². The van der Waals surface area contributed by atoms with Gasteiger partial charge in [0, 0.05) is 25.7 Å². The Kier molecular flexibility index (Phi) is 4.27. The molecule has 1 heterocycles. The molecule has 0 aliphatic carbocycles. The summed E-state index contributed by atoms with van der Waals surface area (Å²) in [7, 11) is -1.95. The van der Waals surface area contributed by atoms with Gasteiger partial charge in [-0.25, -0.2) is 8.42 Å². The molecule has 1 aromatic heterocycles.